The van der Waals surface area contributed by atoms with Crippen LogP contribution >= 0.6 is 35.2 Å². The van der Waals surface area contributed by atoms with Crippen LogP contribution in [0.15, 0.2) is 17.0 Å². The molecule has 0 bridgehead atoms. The maximum Gasteiger partial charge on any atom is 0.100 e. The predicted octanol–water partition coefficient (Wildman–Crippen LogP) is 2.76. The van der Waals surface area contributed by atoms with Crippen LogP contribution in [-0.2, 0) is 0 Å². The van der Waals surface area contributed by atoms with Gasteiger partial charge in [0.25, 0.3) is 0 Å². The molecule has 56 valence electrons. The molecule has 3 heteroatoms. The molecule has 0 heterocycles. The highest BCUT2D eigenvalue weighted by Crippen LogP contribution is 2.20. The lowest BCUT2D eigenvalue weighted by atomic mass is 10.2. The Morgan fingerprint density at radius 2 is 2.18 bits per heavy atom. The van der Waals surface area contributed by atoms with E-state index in [2.05, 4.69) is 41.3 Å². The minimum absolute atomic E-state index is 0.642. The molecule has 0 saturated carbocycles. The molecule has 0 atom stereocenters. The minimum atomic E-state index is 0.642. The summed E-state index contributed by atoms with van der Waals surface area (Å²) in [7, 11) is 0. The Labute approximate surface area is 85.0 Å². The highest BCUT2D eigenvalue weighted by Gasteiger charge is 2.00. The van der Waals surface area contributed by atoms with Crippen LogP contribution in [0.5, 0.6) is 0 Å². The van der Waals surface area contributed by atoms with Crippen molar-refractivity contribution in [1.29, 1.82) is 5.26 Å². The second-order valence-electron chi connectivity index (χ2n) is 2.23. The molecule has 1 aromatic rings. The van der Waals surface area contributed by atoms with E-state index in [1.54, 1.807) is 0 Å². The molecule has 0 aliphatic carbocycles. The SMILES string of the molecule is Cc1cc(S)c(C#N)cc1I. The van der Waals surface area contributed by atoms with Gasteiger partial charge < -0.3 is 0 Å². The van der Waals surface area contributed by atoms with E-state index in [4.69, 9.17) is 5.26 Å². The summed E-state index contributed by atoms with van der Waals surface area (Å²) in [6, 6.07) is 5.83. The molecule has 1 nitrogen and oxygen atoms in total. The third kappa shape index (κ3) is 1.88. The number of hydrogen-bond acceptors (Lipinski definition) is 2. The highest BCUT2D eigenvalue weighted by molar-refractivity contribution is 14.1. The summed E-state index contributed by atoms with van der Waals surface area (Å²) in [5.74, 6) is 0. The zero-order chi connectivity index (χ0) is 8.43. The van der Waals surface area contributed by atoms with Gasteiger partial charge in [-0.1, -0.05) is 0 Å². The molecule has 0 aromatic heterocycles. The van der Waals surface area contributed by atoms with Gasteiger partial charge in [-0.15, -0.1) is 12.6 Å². The normalized spacial score (nSPS) is 9.27. The zero-order valence-electron chi connectivity index (χ0n) is 5.93. The molecule has 1 rings (SSSR count). The maximum atomic E-state index is 8.63. The molecule has 0 fully saturated rings. The van der Waals surface area contributed by atoms with Crippen molar-refractivity contribution in [3.05, 3.63) is 26.8 Å². The van der Waals surface area contributed by atoms with Crippen LogP contribution < -0.4 is 0 Å². The molecule has 0 radical (unpaired) electrons. The van der Waals surface area contributed by atoms with Crippen molar-refractivity contribution in [1.82, 2.24) is 0 Å². The third-order valence-corrected chi connectivity index (χ3v) is 2.93. The lowest BCUT2D eigenvalue weighted by Gasteiger charge is -2.00. The Kier molecular flexibility index (Phi) is 2.79. The lowest BCUT2D eigenvalue weighted by Crippen LogP contribution is -1.84. The fourth-order valence-electron chi connectivity index (χ4n) is 0.756. The summed E-state index contributed by atoms with van der Waals surface area (Å²) in [5.41, 5.74) is 1.80. The van der Waals surface area contributed by atoms with E-state index in [-0.39, 0.29) is 0 Å². The molecular formula is C8H6INS. The van der Waals surface area contributed by atoms with Crippen molar-refractivity contribution in [3.63, 3.8) is 0 Å². The molecule has 0 unspecified atom stereocenters. The molecule has 0 N–H and O–H groups in total. The van der Waals surface area contributed by atoms with Crippen LogP contribution in [0.4, 0.5) is 0 Å². The molecule has 11 heavy (non-hydrogen) atoms. The molecule has 1 aromatic carbocycles. The quantitative estimate of drug-likeness (QED) is 0.571. The van der Waals surface area contributed by atoms with E-state index in [0.717, 1.165) is 14.0 Å². The predicted molar refractivity (Wildman–Crippen MR) is 55.9 cm³/mol. The van der Waals surface area contributed by atoms with E-state index in [1.165, 1.54) is 0 Å². The lowest BCUT2D eigenvalue weighted by molar-refractivity contribution is 1.29. The number of nitriles is 1. The van der Waals surface area contributed by atoms with Gasteiger partial charge in [-0.25, -0.2) is 0 Å². The number of hydrogen-bond donors (Lipinski definition) is 1. The second kappa shape index (κ2) is 3.46. The zero-order valence-corrected chi connectivity index (χ0v) is 8.98. The topological polar surface area (TPSA) is 23.8 Å². The Morgan fingerprint density at radius 1 is 1.55 bits per heavy atom. The average molecular weight is 275 g/mol. The van der Waals surface area contributed by atoms with E-state index in [0.29, 0.717) is 5.56 Å². The Morgan fingerprint density at radius 3 is 2.73 bits per heavy atom. The molecule has 0 aliphatic heterocycles. The van der Waals surface area contributed by atoms with Crippen molar-refractivity contribution in [2.24, 2.45) is 0 Å². The molecular weight excluding hydrogens is 269 g/mol. The van der Waals surface area contributed by atoms with Crippen molar-refractivity contribution >= 4 is 35.2 Å². The van der Waals surface area contributed by atoms with Crippen LogP contribution in [0.25, 0.3) is 0 Å². The second-order valence-corrected chi connectivity index (χ2v) is 3.87. The van der Waals surface area contributed by atoms with Gasteiger partial charge in [0.15, 0.2) is 0 Å². The van der Waals surface area contributed by atoms with Gasteiger partial charge in [-0.3, -0.25) is 0 Å². The number of nitrogens with zero attached hydrogens (tertiary/aromatic N) is 1. The Hall–Kier alpha value is -0.210. The Bertz CT molecular complexity index is 328. The number of thiol groups is 1. The van der Waals surface area contributed by atoms with Gasteiger partial charge >= 0.3 is 0 Å². The smallest absolute Gasteiger partial charge is 0.100 e. The number of rotatable bonds is 0. The first kappa shape index (κ1) is 8.88. The minimum Gasteiger partial charge on any atom is -0.192 e. The number of benzene rings is 1. The summed E-state index contributed by atoms with van der Waals surface area (Å²) in [4.78, 5) is 0.755. The van der Waals surface area contributed by atoms with E-state index >= 15 is 0 Å². The summed E-state index contributed by atoms with van der Waals surface area (Å²) >= 11 is 6.37. The van der Waals surface area contributed by atoms with Crippen LogP contribution in [0, 0.1) is 21.8 Å². The summed E-state index contributed by atoms with van der Waals surface area (Å²) in [6.07, 6.45) is 0. The molecule has 0 aliphatic rings. The first-order chi connectivity index (χ1) is 5.15. The van der Waals surface area contributed by atoms with Crippen molar-refractivity contribution in [2.45, 2.75) is 11.8 Å². The van der Waals surface area contributed by atoms with Crippen LogP contribution in [0.3, 0.4) is 0 Å². The number of aryl methyl sites for hydroxylation is 1. The standard InChI is InChI=1S/C8H6INS/c1-5-2-8(11)6(4-10)3-7(5)9/h2-3,11H,1H3. The van der Waals surface area contributed by atoms with Crippen LogP contribution in [0.2, 0.25) is 0 Å². The molecule has 0 saturated heterocycles. The summed E-state index contributed by atoms with van der Waals surface area (Å²) in [5, 5.41) is 8.63. The van der Waals surface area contributed by atoms with E-state index in [1.807, 2.05) is 19.1 Å². The molecule has 0 spiro atoms. The van der Waals surface area contributed by atoms with E-state index < -0.39 is 0 Å². The first-order valence-corrected chi connectivity index (χ1v) is 4.57. The fourth-order valence-corrected chi connectivity index (χ4v) is 1.53. The molecule has 0 amide bonds. The van der Waals surface area contributed by atoms with Crippen molar-refractivity contribution < 1.29 is 0 Å². The maximum absolute atomic E-state index is 8.63. The van der Waals surface area contributed by atoms with Gasteiger partial charge in [0.05, 0.1) is 5.56 Å². The van der Waals surface area contributed by atoms with Gasteiger partial charge in [0.1, 0.15) is 6.07 Å². The first-order valence-electron chi connectivity index (χ1n) is 3.04. The van der Waals surface area contributed by atoms with E-state index in [9.17, 15) is 0 Å². The average Bonchev–Trinajstić information content (AvgIpc) is 1.97. The number of halogens is 1. The Balaban J connectivity index is 3.35. The fraction of sp³-hybridized carbons (Fsp3) is 0.125. The van der Waals surface area contributed by atoms with Crippen molar-refractivity contribution in [3.8, 4) is 6.07 Å². The monoisotopic (exact) mass is 275 g/mol. The van der Waals surface area contributed by atoms with Gasteiger partial charge in [-0.2, -0.15) is 5.26 Å². The van der Waals surface area contributed by atoms with Gasteiger partial charge in [-0.05, 0) is 47.2 Å². The van der Waals surface area contributed by atoms with Gasteiger partial charge in [0.2, 0.25) is 0 Å². The van der Waals surface area contributed by atoms with Crippen molar-refractivity contribution in [2.75, 3.05) is 0 Å². The largest absolute Gasteiger partial charge is 0.192 e. The summed E-state index contributed by atoms with van der Waals surface area (Å²) in [6.45, 7) is 2.00. The third-order valence-electron chi connectivity index (χ3n) is 1.40. The van der Waals surface area contributed by atoms with Crippen LogP contribution in [-0.4, -0.2) is 0 Å². The van der Waals surface area contributed by atoms with Crippen LogP contribution in [0.1, 0.15) is 11.1 Å². The highest BCUT2D eigenvalue weighted by atomic mass is 127. The van der Waals surface area contributed by atoms with Gasteiger partial charge in [0, 0.05) is 8.47 Å². The summed E-state index contributed by atoms with van der Waals surface area (Å²) < 4.78 is 1.11.